The van der Waals surface area contributed by atoms with E-state index < -0.39 is 0 Å². The Hall–Kier alpha value is -1.81. The normalized spacial score (nSPS) is 12.5. The van der Waals surface area contributed by atoms with E-state index in [1.165, 1.54) is 4.88 Å². The van der Waals surface area contributed by atoms with E-state index in [0.717, 1.165) is 46.4 Å². The number of halogens is 1. The van der Waals surface area contributed by atoms with Crippen LogP contribution in [0.5, 0.6) is 5.75 Å². The molecule has 0 spiro atoms. The minimum Gasteiger partial charge on any atom is -0.490 e. The molecule has 28 heavy (non-hydrogen) atoms. The van der Waals surface area contributed by atoms with E-state index in [1.54, 1.807) is 18.4 Å². The minimum atomic E-state index is -0.0276. The Kier molecular flexibility index (Phi) is 8.56. The van der Waals surface area contributed by atoms with Gasteiger partial charge in [-0.25, -0.2) is 4.98 Å². The number of thiazole rings is 1. The van der Waals surface area contributed by atoms with E-state index >= 15 is 0 Å². The number of para-hydroxylation sites is 1. The van der Waals surface area contributed by atoms with Gasteiger partial charge in [0.25, 0.3) is 0 Å². The number of ether oxygens (including phenoxy) is 1. The van der Waals surface area contributed by atoms with Crippen LogP contribution in [0.3, 0.4) is 0 Å². The van der Waals surface area contributed by atoms with Crippen LogP contribution in [0.1, 0.15) is 35.5 Å². The van der Waals surface area contributed by atoms with Crippen LogP contribution in [0, 0.1) is 6.92 Å². The molecule has 0 fully saturated rings. The van der Waals surface area contributed by atoms with Crippen molar-refractivity contribution in [1.29, 1.82) is 0 Å². The van der Waals surface area contributed by atoms with E-state index in [4.69, 9.17) is 9.15 Å². The number of aryl methyl sites for hydroxylation is 1. The predicted octanol–water partition coefficient (Wildman–Crippen LogP) is 4.68. The van der Waals surface area contributed by atoms with Gasteiger partial charge < -0.3 is 19.8 Å². The van der Waals surface area contributed by atoms with Gasteiger partial charge in [-0.15, -0.1) is 35.3 Å². The average Bonchev–Trinajstić information content (AvgIpc) is 3.28. The van der Waals surface area contributed by atoms with Crippen LogP contribution >= 0.6 is 35.3 Å². The zero-order chi connectivity index (χ0) is 19.2. The molecular weight excluding hydrogens is 487 g/mol. The molecule has 6 nitrogen and oxygen atoms in total. The first-order chi connectivity index (χ1) is 13.1. The topological polar surface area (TPSA) is 71.7 Å². The van der Waals surface area contributed by atoms with Crippen molar-refractivity contribution >= 4 is 52.2 Å². The first-order valence-corrected chi connectivity index (χ1v) is 9.96. The molecule has 2 heterocycles. The summed E-state index contributed by atoms with van der Waals surface area (Å²) in [6.45, 7) is 7.47. The summed E-state index contributed by atoms with van der Waals surface area (Å²) in [5, 5.41) is 8.87. The number of benzene rings is 1. The number of guanidine groups is 1. The molecule has 0 bridgehead atoms. The van der Waals surface area contributed by atoms with Crippen molar-refractivity contribution in [2.45, 2.75) is 33.2 Å². The van der Waals surface area contributed by atoms with E-state index in [2.05, 4.69) is 34.5 Å². The van der Waals surface area contributed by atoms with Crippen LogP contribution < -0.4 is 15.4 Å². The molecule has 1 unspecified atom stereocenters. The Morgan fingerprint density at radius 1 is 1.39 bits per heavy atom. The van der Waals surface area contributed by atoms with Crippen LogP contribution in [0.4, 0.5) is 0 Å². The second-order valence-corrected chi connectivity index (χ2v) is 7.56. The highest BCUT2D eigenvalue weighted by molar-refractivity contribution is 14.0. The lowest BCUT2D eigenvalue weighted by Gasteiger charge is -2.16. The lowest BCUT2D eigenvalue weighted by atomic mass is 10.2. The highest BCUT2D eigenvalue weighted by Gasteiger charge is 2.15. The quantitative estimate of drug-likeness (QED) is 0.272. The molecule has 0 aliphatic rings. The van der Waals surface area contributed by atoms with Crippen LogP contribution in [0.2, 0.25) is 0 Å². The van der Waals surface area contributed by atoms with Crippen molar-refractivity contribution in [3.05, 3.63) is 46.1 Å². The molecule has 1 aromatic carbocycles. The molecule has 2 N–H and O–H groups in total. The monoisotopic (exact) mass is 514 g/mol. The largest absolute Gasteiger partial charge is 0.490 e. The molecule has 3 aromatic rings. The van der Waals surface area contributed by atoms with Gasteiger partial charge in [0, 0.05) is 36.5 Å². The maximum atomic E-state index is 6.06. The fourth-order valence-electron chi connectivity index (χ4n) is 2.81. The number of aromatic nitrogens is 1. The molecule has 0 saturated carbocycles. The van der Waals surface area contributed by atoms with Crippen molar-refractivity contribution in [2.24, 2.45) is 4.99 Å². The molecule has 8 heteroatoms. The number of aliphatic imine (C=N–C) groups is 1. The van der Waals surface area contributed by atoms with Gasteiger partial charge in [0.1, 0.15) is 5.76 Å². The van der Waals surface area contributed by atoms with Gasteiger partial charge in [-0.3, -0.25) is 4.99 Å². The second-order valence-electron chi connectivity index (χ2n) is 6.24. The van der Waals surface area contributed by atoms with Crippen LogP contribution in [0.15, 0.2) is 39.9 Å². The second kappa shape index (κ2) is 10.7. The standard InChI is InChI=1S/C20H26N4O2S.HI/c1-5-25-16-8-6-7-15-11-17(26-19(15)16)14(3)24-20(21-4)22-10-9-18-23-12-13(2)27-18;/h6-8,11-12,14H,5,9-10H2,1-4H3,(H2,21,22,24);1H. The molecule has 0 saturated heterocycles. The fourth-order valence-corrected chi connectivity index (χ4v) is 3.60. The number of nitrogens with zero attached hydrogens (tertiary/aromatic N) is 2. The summed E-state index contributed by atoms with van der Waals surface area (Å²) in [7, 11) is 1.77. The fraction of sp³-hybridized carbons (Fsp3) is 0.400. The molecule has 0 aliphatic heterocycles. The summed E-state index contributed by atoms with van der Waals surface area (Å²) >= 11 is 1.73. The number of fused-ring (bicyclic) bond motifs is 1. The minimum absolute atomic E-state index is 0. The van der Waals surface area contributed by atoms with Crippen LogP contribution in [-0.2, 0) is 6.42 Å². The molecule has 0 aliphatic carbocycles. The molecule has 1 atom stereocenters. The van der Waals surface area contributed by atoms with Crippen LogP contribution in [-0.4, -0.2) is 31.1 Å². The van der Waals surface area contributed by atoms with Gasteiger partial charge in [0.2, 0.25) is 0 Å². The summed E-state index contributed by atoms with van der Waals surface area (Å²) in [5.41, 5.74) is 0.782. The third kappa shape index (κ3) is 5.60. The number of hydrogen-bond acceptors (Lipinski definition) is 5. The van der Waals surface area contributed by atoms with Gasteiger partial charge in [-0.2, -0.15) is 0 Å². The van der Waals surface area contributed by atoms with Crippen LogP contribution in [0.25, 0.3) is 11.0 Å². The number of rotatable bonds is 7. The molecule has 152 valence electrons. The van der Waals surface area contributed by atoms with E-state index in [-0.39, 0.29) is 30.0 Å². The summed E-state index contributed by atoms with van der Waals surface area (Å²) in [6.07, 6.45) is 2.78. The lowest BCUT2D eigenvalue weighted by Crippen LogP contribution is -2.39. The molecule has 3 rings (SSSR count). The Morgan fingerprint density at radius 2 is 2.21 bits per heavy atom. The highest BCUT2D eigenvalue weighted by atomic mass is 127. The summed E-state index contributed by atoms with van der Waals surface area (Å²) < 4.78 is 11.7. The smallest absolute Gasteiger partial charge is 0.191 e. The van der Waals surface area contributed by atoms with Gasteiger partial charge in [0.15, 0.2) is 17.3 Å². The molecule has 2 aromatic heterocycles. The average molecular weight is 514 g/mol. The van der Waals surface area contributed by atoms with Crippen molar-refractivity contribution < 1.29 is 9.15 Å². The first-order valence-electron chi connectivity index (χ1n) is 9.14. The zero-order valence-electron chi connectivity index (χ0n) is 16.6. The molecule has 0 amide bonds. The van der Waals surface area contributed by atoms with Gasteiger partial charge >= 0.3 is 0 Å². The number of nitrogens with one attached hydrogen (secondary N) is 2. The predicted molar refractivity (Wildman–Crippen MR) is 126 cm³/mol. The Balaban J connectivity index is 0.00000280. The number of furan rings is 1. The number of hydrogen-bond donors (Lipinski definition) is 2. The van der Waals surface area contributed by atoms with Gasteiger partial charge in [-0.1, -0.05) is 12.1 Å². The Bertz CT molecular complexity index is 922. The van der Waals surface area contributed by atoms with Crippen molar-refractivity contribution in [3.63, 3.8) is 0 Å². The molecular formula is C20H27IN4O2S. The van der Waals surface area contributed by atoms with Crippen molar-refractivity contribution in [3.8, 4) is 5.75 Å². The maximum absolute atomic E-state index is 6.06. The van der Waals surface area contributed by atoms with E-state index in [1.807, 2.05) is 37.4 Å². The zero-order valence-corrected chi connectivity index (χ0v) is 19.8. The maximum Gasteiger partial charge on any atom is 0.191 e. The third-order valence-corrected chi connectivity index (χ3v) is 5.10. The lowest BCUT2D eigenvalue weighted by molar-refractivity contribution is 0.336. The van der Waals surface area contributed by atoms with Crippen molar-refractivity contribution in [1.82, 2.24) is 15.6 Å². The first kappa shape index (κ1) is 22.5. The Morgan fingerprint density at radius 3 is 2.89 bits per heavy atom. The third-order valence-electron chi connectivity index (χ3n) is 4.13. The highest BCUT2D eigenvalue weighted by Crippen LogP contribution is 2.31. The van der Waals surface area contributed by atoms with Gasteiger partial charge in [0.05, 0.1) is 17.7 Å². The summed E-state index contributed by atoms with van der Waals surface area (Å²) in [5.74, 6) is 2.35. The van der Waals surface area contributed by atoms with Gasteiger partial charge in [-0.05, 0) is 32.9 Å². The Labute approximate surface area is 186 Å². The summed E-state index contributed by atoms with van der Waals surface area (Å²) in [6, 6.07) is 7.95. The van der Waals surface area contributed by atoms with E-state index in [0.29, 0.717) is 6.61 Å². The van der Waals surface area contributed by atoms with E-state index in [9.17, 15) is 0 Å². The SMILES string of the molecule is CCOc1cccc2cc(C(C)NC(=NC)NCCc3ncc(C)s3)oc12.I. The van der Waals surface area contributed by atoms with Crippen molar-refractivity contribution in [2.75, 3.05) is 20.2 Å². The summed E-state index contributed by atoms with van der Waals surface area (Å²) in [4.78, 5) is 9.92. The molecule has 0 radical (unpaired) electrons.